The van der Waals surface area contributed by atoms with Crippen molar-refractivity contribution in [3.8, 4) is 11.1 Å². The molecule has 4 N–H and O–H groups in total. The summed E-state index contributed by atoms with van der Waals surface area (Å²) in [5, 5.41) is 22.4. The second-order valence-electron chi connectivity index (χ2n) is 11.1. The average Bonchev–Trinajstić information content (AvgIpc) is 3.61. The van der Waals surface area contributed by atoms with Gasteiger partial charge >= 0.3 is 5.97 Å². The Morgan fingerprint density at radius 1 is 1.23 bits per heavy atom. The number of H-pyrrole nitrogens is 1. The van der Waals surface area contributed by atoms with Gasteiger partial charge in [-0.1, -0.05) is 0 Å². The third-order valence-electron chi connectivity index (χ3n) is 8.24. The second kappa shape index (κ2) is 10.9. The summed E-state index contributed by atoms with van der Waals surface area (Å²) < 4.78 is 32.0. The highest BCUT2D eigenvalue weighted by atomic mass is 19.2. The average molecular weight is 592 g/mol. The molecule has 6 rings (SSSR count). The molecule has 0 spiro atoms. The number of aromatic amines is 1. The van der Waals surface area contributed by atoms with E-state index >= 15 is 4.39 Å². The van der Waals surface area contributed by atoms with Crippen LogP contribution in [-0.2, 0) is 7.05 Å². The van der Waals surface area contributed by atoms with Crippen LogP contribution < -0.4 is 15.6 Å². The van der Waals surface area contributed by atoms with Gasteiger partial charge in [0, 0.05) is 76.1 Å². The van der Waals surface area contributed by atoms with E-state index in [2.05, 4.69) is 30.1 Å². The summed E-state index contributed by atoms with van der Waals surface area (Å²) in [6.45, 7) is 2.56. The summed E-state index contributed by atoms with van der Waals surface area (Å²) in [7, 11) is 5.18. The number of hydrogen-bond acceptors (Lipinski definition) is 8. The first-order valence-electron chi connectivity index (χ1n) is 13.9. The Balaban J connectivity index is 1.62. The Morgan fingerprint density at radius 2 is 2.02 bits per heavy atom. The number of carboxylic acids is 1. The fraction of sp³-hybridized carbons (Fsp3) is 0.333. The van der Waals surface area contributed by atoms with E-state index in [0.29, 0.717) is 64.3 Å². The Labute approximate surface area is 244 Å². The number of hydrogen-bond donors (Lipinski definition) is 4. The maximum Gasteiger partial charge on any atom is 0.341 e. The quantitative estimate of drug-likeness (QED) is 0.214. The van der Waals surface area contributed by atoms with Crippen LogP contribution in [0.2, 0.25) is 0 Å². The number of aliphatic hydroxyl groups is 1. The molecule has 1 unspecified atom stereocenters. The van der Waals surface area contributed by atoms with E-state index in [1.807, 2.05) is 7.05 Å². The Hall–Kier alpha value is -4.62. The predicted molar refractivity (Wildman–Crippen MR) is 161 cm³/mol. The van der Waals surface area contributed by atoms with E-state index in [4.69, 9.17) is 0 Å². The molecule has 13 heteroatoms. The fourth-order valence-electron chi connectivity index (χ4n) is 6.23. The zero-order valence-electron chi connectivity index (χ0n) is 23.9. The Bertz CT molecular complexity index is 1970. The van der Waals surface area contributed by atoms with Crippen molar-refractivity contribution in [3.63, 3.8) is 0 Å². The van der Waals surface area contributed by atoms with Crippen molar-refractivity contribution in [2.24, 2.45) is 13.0 Å². The van der Waals surface area contributed by atoms with Gasteiger partial charge in [-0.3, -0.25) is 4.79 Å². The maximum absolute atomic E-state index is 15.6. The van der Waals surface area contributed by atoms with E-state index in [9.17, 15) is 24.2 Å². The van der Waals surface area contributed by atoms with Gasteiger partial charge in [-0.2, -0.15) is 0 Å². The molecule has 0 saturated carbocycles. The predicted octanol–water partition coefficient (Wildman–Crippen LogP) is 3.40. The lowest BCUT2D eigenvalue weighted by atomic mass is 10.0. The molecule has 43 heavy (non-hydrogen) atoms. The van der Waals surface area contributed by atoms with E-state index in [1.54, 1.807) is 32.6 Å². The highest BCUT2D eigenvalue weighted by molar-refractivity contribution is 6.18. The van der Waals surface area contributed by atoms with Crippen molar-refractivity contribution >= 4 is 50.3 Å². The van der Waals surface area contributed by atoms with Crippen molar-refractivity contribution < 1.29 is 23.8 Å². The summed E-state index contributed by atoms with van der Waals surface area (Å²) in [6, 6.07) is 2.68. The van der Waals surface area contributed by atoms with Crippen LogP contribution in [0.1, 0.15) is 16.8 Å². The molecule has 0 bridgehead atoms. The van der Waals surface area contributed by atoms with Crippen LogP contribution >= 0.6 is 0 Å². The molecule has 11 nitrogen and oxygen atoms in total. The smallest absolute Gasteiger partial charge is 0.341 e. The van der Waals surface area contributed by atoms with Gasteiger partial charge in [0.05, 0.1) is 39.7 Å². The molecule has 0 radical (unpaired) electrons. The lowest BCUT2D eigenvalue weighted by Crippen LogP contribution is -2.30. The van der Waals surface area contributed by atoms with Gasteiger partial charge in [-0.25, -0.2) is 23.5 Å². The highest BCUT2D eigenvalue weighted by Crippen LogP contribution is 2.44. The summed E-state index contributed by atoms with van der Waals surface area (Å²) in [4.78, 5) is 41.3. The maximum atomic E-state index is 15.6. The molecule has 1 aliphatic rings. The molecule has 5 heterocycles. The number of aromatic carboxylic acids is 1. The van der Waals surface area contributed by atoms with Crippen LogP contribution in [0.5, 0.6) is 0 Å². The first-order valence-corrected chi connectivity index (χ1v) is 13.9. The molecule has 0 aliphatic carbocycles. The normalized spacial score (nSPS) is 15.4. The minimum absolute atomic E-state index is 0.0497. The van der Waals surface area contributed by atoms with Crippen LogP contribution in [0, 0.1) is 17.6 Å². The van der Waals surface area contributed by atoms with Gasteiger partial charge in [0.25, 0.3) is 0 Å². The van der Waals surface area contributed by atoms with E-state index in [0.717, 1.165) is 19.0 Å². The SMILES string of the molecule is CNc1cc(F)c(F)c2c1[nH]c1ncc(-c3cnc4c(c3)c(=O)c(C(=O)O)cn4C)c(N3CCC(CN(C)CCO)C3)c12. The number of anilines is 2. The van der Waals surface area contributed by atoms with E-state index in [1.165, 1.54) is 10.8 Å². The lowest BCUT2D eigenvalue weighted by Gasteiger charge is -2.25. The number of aromatic nitrogens is 4. The molecule has 1 aliphatic heterocycles. The van der Waals surface area contributed by atoms with Crippen LogP contribution in [-0.4, -0.2) is 87.5 Å². The number of rotatable bonds is 8. The largest absolute Gasteiger partial charge is 0.477 e. The van der Waals surface area contributed by atoms with Crippen LogP contribution in [0.25, 0.3) is 44.1 Å². The standard InChI is InChI=1S/C30H31F2N7O4/c1-33-21-9-20(31)24(32)22-23-26(39-5-4-15(13-39)12-37(2)6-7-40)18(11-34-28(23)36-25(21)22)16-8-17-27(41)19(30(42)43)14-38(3)29(17)35-10-16/h8-11,14-15,33,40H,4-7,12-13H2,1-3H3,(H,34,36)(H,42,43). The zero-order valence-corrected chi connectivity index (χ0v) is 23.9. The van der Waals surface area contributed by atoms with Gasteiger partial charge < -0.3 is 34.9 Å². The number of nitrogens with one attached hydrogen (secondary N) is 2. The molecule has 1 atom stereocenters. The second-order valence-corrected chi connectivity index (χ2v) is 11.1. The van der Waals surface area contributed by atoms with Crippen molar-refractivity contribution in [1.29, 1.82) is 0 Å². The molecule has 4 aromatic heterocycles. The van der Waals surface area contributed by atoms with Crippen molar-refractivity contribution in [1.82, 2.24) is 24.4 Å². The summed E-state index contributed by atoms with van der Waals surface area (Å²) in [6.07, 6.45) is 5.25. The molecule has 224 valence electrons. The molecule has 1 saturated heterocycles. The zero-order chi connectivity index (χ0) is 30.6. The first kappa shape index (κ1) is 28.5. The van der Waals surface area contributed by atoms with Gasteiger partial charge in [0.1, 0.15) is 16.9 Å². The molecular weight excluding hydrogens is 560 g/mol. The summed E-state index contributed by atoms with van der Waals surface area (Å²) in [5.41, 5.74) is 2.02. The summed E-state index contributed by atoms with van der Waals surface area (Å²) in [5.74, 6) is -3.11. The van der Waals surface area contributed by atoms with Crippen molar-refractivity contribution in [3.05, 3.63) is 58.1 Å². The number of halogens is 2. The number of aliphatic hydroxyl groups excluding tert-OH is 1. The van der Waals surface area contributed by atoms with Crippen molar-refractivity contribution in [2.45, 2.75) is 6.42 Å². The molecule has 0 amide bonds. The topological polar surface area (TPSA) is 140 Å². The number of fused-ring (bicyclic) bond motifs is 4. The Morgan fingerprint density at radius 3 is 2.74 bits per heavy atom. The van der Waals surface area contributed by atoms with Crippen LogP contribution in [0.4, 0.5) is 20.2 Å². The Kier molecular flexibility index (Phi) is 7.22. The van der Waals surface area contributed by atoms with E-state index in [-0.39, 0.29) is 28.9 Å². The molecule has 1 fully saturated rings. The van der Waals surface area contributed by atoms with Crippen LogP contribution in [0.3, 0.4) is 0 Å². The van der Waals surface area contributed by atoms with Gasteiger partial charge in [0.15, 0.2) is 11.6 Å². The van der Waals surface area contributed by atoms with Crippen molar-refractivity contribution in [2.75, 3.05) is 57.1 Å². The molecular formula is C30H31F2N7O4. The number of likely N-dealkylation sites (N-methyl/N-ethyl adjacent to an activating group) is 1. The number of pyridine rings is 3. The van der Waals surface area contributed by atoms with Crippen LogP contribution in [0.15, 0.2) is 35.5 Å². The number of carboxylic acid groups (broad SMARTS) is 1. The monoisotopic (exact) mass is 591 g/mol. The number of carbonyl (C=O) groups is 1. The minimum atomic E-state index is -1.34. The number of aryl methyl sites for hydroxylation is 1. The lowest BCUT2D eigenvalue weighted by molar-refractivity contribution is 0.0695. The fourth-order valence-corrected chi connectivity index (χ4v) is 6.23. The van der Waals surface area contributed by atoms with Gasteiger partial charge in [-0.15, -0.1) is 0 Å². The van der Waals surface area contributed by atoms with Gasteiger partial charge in [-0.05, 0) is 25.5 Å². The first-order chi connectivity index (χ1) is 20.6. The molecule has 5 aromatic rings. The van der Waals surface area contributed by atoms with E-state index < -0.39 is 23.0 Å². The molecule has 1 aromatic carbocycles. The highest BCUT2D eigenvalue weighted by Gasteiger charge is 2.30. The van der Waals surface area contributed by atoms with Gasteiger partial charge in [0.2, 0.25) is 5.43 Å². The minimum Gasteiger partial charge on any atom is -0.477 e. The summed E-state index contributed by atoms with van der Waals surface area (Å²) >= 11 is 0. The third kappa shape index (κ3) is 4.74. The number of nitrogens with zero attached hydrogens (tertiary/aromatic N) is 5. The number of benzene rings is 1. The third-order valence-corrected chi connectivity index (χ3v) is 8.24.